The molecule has 0 aliphatic heterocycles. The molecule has 0 saturated carbocycles. The van der Waals surface area contributed by atoms with Crippen molar-refractivity contribution in [2.24, 2.45) is 5.41 Å². The third kappa shape index (κ3) is 2.83. The third-order valence-corrected chi connectivity index (χ3v) is 3.18. The van der Waals surface area contributed by atoms with Crippen LogP contribution in [0.1, 0.15) is 33.5 Å². The largest absolute Gasteiger partial charge is 0.453 e. The maximum absolute atomic E-state index is 12.8. The first-order chi connectivity index (χ1) is 9.09. The van der Waals surface area contributed by atoms with Crippen LogP contribution < -0.4 is 5.32 Å². The average molecular weight is 287 g/mol. The summed E-state index contributed by atoms with van der Waals surface area (Å²) in [7, 11) is 0. The first-order valence-corrected chi connectivity index (χ1v) is 6.15. The van der Waals surface area contributed by atoms with Gasteiger partial charge in [0.05, 0.1) is 0 Å². The number of nitrogens with one attached hydrogen (secondary N) is 1. The number of anilines is 1. The van der Waals surface area contributed by atoms with E-state index in [0.29, 0.717) is 10.3 Å². The number of fused-ring (bicyclic) bond motifs is 1. The van der Waals surface area contributed by atoms with Crippen LogP contribution in [0.4, 0.5) is 19.0 Å². The minimum Gasteiger partial charge on any atom is -0.366 e. The molecule has 2 rings (SSSR count). The molecule has 0 fully saturated rings. The van der Waals surface area contributed by atoms with Gasteiger partial charge in [-0.3, -0.25) is 0 Å². The smallest absolute Gasteiger partial charge is 0.366 e. The van der Waals surface area contributed by atoms with Crippen molar-refractivity contribution in [1.29, 1.82) is 0 Å². The molecule has 0 bridgehead atoms. The number of alkyl halides is 3. The van der Waals surface area contributed by atoms with Crippen LogP contribution in [0, 0.1) is 5.41 Å². The summed E-state index contributed by atoms with van der Waals surface area (Å²) in [5, 5.41) is 13.6. The predicted octanol–water partition coefficient (Wildman–Crippen LogP) is 2.99. The molecule has 0 aromatic carbocycles. The summed E-state index contributed by atoms with van der Waals surface area (Å²) in [4.78, 5) is 0. The van der Waals surface area contributed by atoms with Gasteiger partial charge in [0.1, 0.15) is 5.82 Å². The summed E-state index contributed by atoms with van der Waals surface area (Å²) < 4.78 is 39.0. The highest BCUT2D eigenvalue weighted by atomic mass is 19.4. The maximum Gasteiger partial charge on any atom is 0.453 e. The van der Waals surface area contributed by atoms with E-state index in [9.17, 15) is 13.2 Å². The van der Waals surface area contributed by atoms with Crippen LogP contribution in [-0.4, -0.2) is 25.9 Å². The van der Waals surface area contributed by atoms with E-state index in [-0.39, 0.29) is 17.1 Å². The molecule has 1 unspecified atom stereocenters. The molecule has 1 N–H and O–H groups in total. The van der Waals surface area contributed by atoms with Crippen molar-refractivity contribution in [2.45, 2.75) is 39.9 Å². The Kier molecular flexibility index (Phi) is 3.35. The van der Waals surface area contributed by atoms with E-state index in [4.69, 9.17) is 0 Å². The van der Waals surface area contributed by atoms with Gasteiger partial charge >= 0.3 is 6.18 Å². The molecule has 0 aliphatic rings. The molecular formula is C12H16F3N5. The van der Waals surface area contributed by atoms with Crippen LogP contribution in [0.3, 0.4) is 0 Å². The zero-order valence-corrected chi connectivity index (χ0v) is 11.7. The fraction of sp³-hybridized carbons (Fsp3) is 0.583. The number of aromatic nitrogens is 4. The Morgan fingerprint density at radius 3 is 2.35 bits per heavy atom. The topological polar surface area (TPSA) is 55.1 Å². The highest BCUT2D eigenvalue weighted by Crippen LogP contribution is 2.28. The van der Waals surface area contributed by atoms with Crippen LogP contribution in [-0.2, 0) is 6.18 Å². The van der Waals surface area contributed by atoms with Crippen LogP contribution >= 0.6 is 0 Å². The summed E-state index contributed by atoms with van der Waals surface area (Å²) in [5.41, 5.74) is 0.0164. The van der Waals surface area contributed by atoms with Crippen molar-refractivity contribution in [3.8, 4) is 0 Å². The van der Waals surface area contributed by atoms with Crippen LogP contribution in [0.2, 0.25) is 0 Å². The zero-order valence-electron chi connectivity index (χ0n) is 11.7. The van der Waals surface area contributed by atoms with Crippen molar-refractivity contribution < 1.29 is 13.2 Å². The molecule has 8 heteroatoms. The molecule has 20 heavy (non-hydrogen) atoms. The summed E-state index contributed by atoms with van der Waals surface area (Å²) in [6, 6.07) is 3.08. The number of rotatable bonds is 2. The van der Waals surface area contributed by atoms with E-state index in [1.54, 1.807) is 6.07 Å². The molecule has 2 aromatic rings. The average Bonchev–Trinajstić information content (AvgIpc) is 2.70. The second-order valence-corrected chi connectivity index (χ2v) is 5.74. The Morgan fingerprint density at radius 1 is 1.15 bits per heavy atom. The Morgan fingerprint density at radius 2 is 1.80 bits per heavy atom. The molecule has 0 radical (unpaired) electrons. The molecule has 0 spiro atoms. The molecule has 0 amide bonds. The quantitative estimate of drug-likeness (QED) is 0.922. The van der Waals surface area contributed by atoms with Gasteiger partial charge in [0, 0.05) is 6.04 Å². The maximum atomic E-state index is 12.8. The minimum absolute atomic E-state index is 0.0401. The van der Waals surface area contributed by atoms with Crippen LogP contribution in [0.25, 0.3) is 5.65 Å². The second-order valence-electron chi connectivity index (χ2n) is 5.74. The first-order valence-electron chi connectivity index (χ1n) is 6.15. The van der Waals surface area contributed by atoms with Crippen molar-refractivity contribution in [3.63, 3.8) is 0 Å². The van der Waals surface area contributed by atoms with E-state index in [1.165, 1.54) is 6.07 Å². The Labute approximate surface area is 114 Å². The molecule has 1 atom stereocenters. The fourth-order valence-electron chi connectivity index (χ4n) is 1.48. The van der Waals surface area contributed by atoms with Gasteiger partial charge in [0.2, 0.25) is 0 Å². The van der Waals surface area contributed by atoms with Crippen molar-refractivity contribution in [2.75, 3.05) is 5.32 Å². The summed E-state index contributed by atoms with van der Waals surface area (Å²) >= 11 is 0. The molecular weight excluding hydrogens is 271 g/mol. The third-order valence-electron chi connectivity index (χ3n) is 3.18. The lowest BCUT2D eigenvalue weighted by atomic mass is 9.88. The number of halogens is 3. The molecule has 0 aliphatic carbocycles. The lowest BCUT2D eigenvalue weighted by Crippen LogP contribution is -2.31. The van der Waals surface area contributed by atoms with E-state index >= 15 is 0 Å². The van der Waals surface area contributed by atoms with Gasteiger partial charge in [-0.25, -0.2) is 0 Å². The monoisotopic (exact) mass is 287 g/mol. The van der Waals surface area contributed by atoms with E-state index in [0.717, 1.165) is 0 Å². The first kappa shape index (κ1) is 14.5. The van der Waals surface area contributed by atoms with Gasteiger partial charge in [0.15, 0.2) is 5.65 Å². The zero-order chi connectivity index (χ0) is 15.1. The van der Waals surface area contributed by atoms with Gasteiger partial charge < -0.3 is 5.32 Å². The van der Waals surface area contributed by atoms with Gasteiger partial charge in [-0.05, 0) is 24.5 Å². The molecule has 110 valence electrons. The van der Waals surface area contributed by atoms with Crippen LogP contribution in [0.15, 0.2) is 12.1 Å². The second kappa shape index (κ2) is 4.60. The highest BCUT2D eigenvalue weighted by Gasteiger charge is 2.37. The number of nitrogens with zero attached hydrogens (tertiary/aromatic N) is 4. The summed E-state index contributed by atoms with van der Waals surface area (Å²) in [5.74, 6) is -0.773. The lowest BCUT2D eigenvalue weighted by molar-refractivity contribution is -0.146. The Balaban J connectivity index is 2.38. The molecule has 2 aromatic heterocycles. The number of hydrogen-bond acceptors (Lipinski definition) is 4. The van der Waals surface area contributed by atoms with Gasteiger partial charge in [-0.1, -0.05) is 20.8 Å². The normalized spacial score (nSPS) is 14.6. The van der Waals surface area contributed by atoms with E-state index in [1.807, 2.05) is 27.7 Å². The minimum atomic E-state index is -4.58. The summed E-state index contributed by atoms with van der Waals surface area (Å²) in [6.07, 6.45) is -4.58. The Hall–Kier alpha value is -1.86. The van der Waals surface area contributed by atoms with Gasteiger partial charge in [-0.2, -0.15) is 17.7 Å². The van der Waals surface area contributed by atoms with Gasteiger partial charge in [-0.15, -0.1) is 15.3 Å². The molecule has 2 heterocycles. The van der Waals surface area contributed by atoms with Crippen molar-refractivity contribution in [3.05, 3.63) is 18.0 Å². The predicted molar refractivity (Wildman–Crippen MR) is 68.3 cm³/mol. The lowest BCUT2D eigenvalue weighted by Gasteiger charge is -2.28. The van der Waals surface area contributed by atoms with Crippen LogP contribution in [0.5, 0.6) is 0 Å². The Bertz CT molecular complexity index is 612. The highest BCUT2D eigenvalue weighted by molar-refractivity contribution is 5.44. The summed E-state index contributed by atoms with van der Waals surface area (Å²) in [6.45, 7) is 8.04. The van der Waals surface area contributed by atoms with Crippen molar-refractivity contribution >= 4 is 11.5 Å². The SMILES string of the molecule is CC(Nc1ccc2nnc(C(F)(F)F)n2n1)C(C)(C)C. The fourth-order valence-corrected chi connectivity index (χ4v) is 1.48. The van der Waals surface area contributed by atoms with E-state index < -0.39 is 12.0 Å². The standard InChI is InChI=1S/C12H16F3N5/c1-7(11(2,3)4)16-8-5-6-9-17-18-10(12(13,14)15)20(9)19-8/h5-7H,1-4H3,(H,16,19). The molecule has 5 nitrogen and oxygen atoms in total. The van der Waals surface area contributed by atoms with Crippen molar-refractivity contribution in [1.82, 2.24) is 19.8 Å². The molecule has 0 saturated heterocycles. The number of hydrogen-bond donors (Lipinski definition) is 1. The van der Waals surface area contributed by atoms with E-state index in [2.05, 4.69) is 20.6 Å². The van der Waals surface area contributed by atoms with Gasteiger partial charge in [0.25, 0.3) is 5.82 Å².